The van der Waals surface area contributed by atoms with Crippen molar-refractivity contribution in [2.75, 3.05) is 101 Å². The van der Waals surface area contributed by atoms with E-state index in [9.17, 15) is 53.1 Å². The van der Waals surface area contributed by atoms with Gasteiger partial charge in [-0.25, -0.2) is 58.8 Å². The number of hydrogen-bond donors (Lipinski definition) is 10. The second-order valence-electron chi connectivity index (χ2n) is 35.9. The summed E-state index contributed by atoms with van der Waals surface area (Å²) in [5, 5.41) is 35.2. The molecule has 10 unspecified atom stereocenters. The van der Waals surface area contributed by atoms with E-state index in [4.69, 9.17) is 73.0 Å². The predicted octanol–water partition coefficient (Wildman–Crippen LogP) is 13.5. The molecule has 0 spiro atoms. The molecule has 2 aliphatic heterocycles. The number of carboxylic acid groups (broad SMARTS) is 1. The number of carbonyl (C=O) groups excluding carboxylic acids is 9. The lowest BCUT2D eigenvalue weighted by atomic mass is 9.83. The Hall–Kier alpha value is -12.0. The Morgan fingerprint density at radius 3 is 1.05 bits per heavy atom. The van der Waals surface area contributed by atoms with Crippen LogP contribution in [0.1, 0.15) is 213 Å². The maximum Gasteiger partial charge on any atom is 0.408 e. The summed E-state index contributed by atoms with van der Waals surface area (Å²) in [4.78, 5) is 154. The van der Waals surface area contributed by atoms with Gasteiger partial charge in [-0.1, -0.05) is 79.7 Å². The van der Waals surface area contributed by atoms with E-state index < -0.39 is 92.2 Å². The summed E-state index contributed by atoms with van der Waals surface area (Å²) in [7, 11) is 5.57. The van der Waals surface area contributed by atoms with Gasteiger partial charge in [-0.3, -0.25) is 39.8 Å². The first kappa shape index (κ1) is 120. The zero-order valence-corrected chi connectivity index (χ0v) is 85.6. The van der Waals surface area contributed by atoms with Gasteiger partial charge in [0.05, 0.1) is 100 Å². The van der Waals surface area contributed by atoms with Gasteiger partial charge in [0, 0.05) is 6.42 Å². The van der Waals surface area contributed by atoms with Crippen LogP contribution in [0.5, 0.6) is 34.5 Å². The number of amides is 7. The molecule has 6 aromatic carbocycles. The van der Waals surface area contributed by atoms with Crippen molar-refractivity contribution >= 4 is 59.6 Å². The number of methoxy groups -OCH3 is 1. The van der Waals surface area contributed by atoms with Crippen LogP contribution in [0, 0.1) is 5.92 Å². The summed E-state index contributed by atoms with van der Waals surface area (Å²) in [6, 6.07) is 41.6. The average Bonchev–Trinajstić information content (AvgIpc) is 1.65. The quantitative estimate of drug-likeness (QED) is 0.00561. The predicted molar refractivity (Wildman–Crippen MR) is 516 cm³/mol. The highest BCUT2D eigenvalue weighted by Gasteiger charge is 2.49. The van der Waals surface area contributed by atoms with Gasteiger partial charge in [0.15, 0.2) is 16.9 Å². The molecule has 0 bridgehead atoms. The third-order valence-corrected chi connectivity index (χ3v) is 21.1. The van der Waals surface area contributed by atoms with E-state index in [-0.39, 0.29) is 67.8 Å². The monoisotopic (exact) mass is 1940 g/mol. The van der Waals surface area contributed by atoms with Gasteiger partial charge in [0.1, 0.15) is 92.7 Å². The molecule has 8 rings (SSSR count). The second kappa shape index (κ2) is 56.2. The van der Waals surface area contributed by atoms with E-state index in [1.54, 1.807) is 204 Å². The zero-order valence-electron chi connectivity index (χ0n) is 85.6. The minimum Gasteiger partial charge on any atom is -0.494 e. The molecular weight excluding hydrogens is 1790 g/mol. The maximum absolute atomic E-state index is 13.2. The molecule has 0 aliphatic carbocycles. The molecule has 2 saturated heterocycles. The second-order valence-corrected chi connectivity index (χ2v) is 35.9. The van der Waals surface area contributed by atoms with Gasteiger partial charge >= 0.3 is 30.2 Å². The van der Waals surface area contributed by atoms with Gasteiger partial charge in [-0.05, 0) is 278 Å². The molecule has 2 heterocycles. The molecule has 6 aromatic rings. The highest BCUT2D eigenvalue weighted by Crippen LogP contribution is 2.35. The number of nitrogens with two attached hydrogens (primary N) is 1. The fourth-order valence-corrected chi connectivity index (χ4v) is 13.3. The highest BCUT2D eigenvalue weighted by atomic mass is 17.2. The standard InChI is InChI=1S/C21H33NO6.C17H25NO5.C16H24N2O4.C16H23NO5.C15H21N3O4.C15H24N2O4/c1-8-26-17-11-9-16(10-12-17)21(6,22-19(24)28-20(3,4)5)18(23)13-15(2)14-27-25-7;1-7-22-13-10-8-12(9-11-13)17(5,14(19)21-6)18-15(20)23-16(2,3)4;1-5-21-14-8-6-13(7-9-14)16(3)15(19)18(11-17-16)12(2)10-22-20-4;1-6-21-12-9-7-11(8-10-12)16(5,13(18)19)17-14(20)22-15(2,3)4;1-4-22-12-7-5-11(6-8-12)15(3)14(20)18(9-16-15)10(2)13(19)17-21;1-5-20-13-8-6-12(7-9-13)15(3,16)14(18)17-11(2)10-21-19-4/h9-12,15H,8,13-14H2,1-7H3,(H,22,24);8-11H,7H2,1-6H3,(H,18,20);6-9,12,17H,5,10-11H2,1-4H3;7-10H,6H2,1-5H3,(H,17,20)(H,18,19);5-8,10,16,21H,4,9H2,1-3H3,(H,17,19);6-9,11H,5,10,16H2,1-4H3,(H,17,18). The van der Waals surface area contributed by atoms with Crippen LogP contribution in [0.2, 0.25) is 0 Å². The van der Waals surface area contributed by atoms with Gasteiger partial charge in [0.2, 0.25) is 17.7 Å². The molecule has 38 heteroatoms. The molecule has 138 heavy (non-hydrogen) atoms. The van der Waals surface area contributed by atoms with E-state index in [0.29, 0.717) is 92.4 Å². The van der Waals surface area contributed by atoms with Crippen molar-refractivity contribution in [3.05, 3.63) is 179 Å². The summed E-state index contributed by atoms with van der Waals surface area (Å²) in [6.07, 6.45) is -1.94. The number of benzene rings is 6. The first-order valence-corrected chi connectivity index (χ1v) is 45.5. The van der Waals surface area contributed by atoms with E-state index in [0.717, 1.165) is 28.4 Å². The number of ketones is 1. The molecule has 0 saturated carbocycles. The van der Waals surface area contributed by atoms with Crippen LogP contribution in [0.25, 0.3) is 0 Å². The third-order valence-electron chi connectivity index (χ3n) is 21.1. The van der Waals surface area contributed by atoms with Crippen LogP contribution in [-0.4, -0.2) is 216 Å². The fourth-order valence-electron chi connectivity index (χ4n) is 13.3. The molecule has 38 nitrogen and oxygen atoms in total. The Labute approximate surface area is 812 Å². The van der Waals surface area contributed by atoms with Crippen LogP contribution < -0.4 is 71.5 Å². The number of hydroxylamine groups is 1. The van der Waals surface area contributed by atoms with Crippen molar-refractivity contribution < 1.29 is 135 Å². The zero-order chi connectivity index (χ0) is 104. The number of nitrogens with one attached hydrogen (secondary N) is 7. The largest absolute Gasteiger partial charge is 0.494 e. The van der Waals surface area contributed by atoms with Gasteiger partial charge in [-0.2, -0.15) is 0 Å². The third kappa shape index (κ3) is 37.4. The summed E-state index contributed by atoms with van der Waals surface area (Å²) >= 11 is 0. The number of carbonyl (C=O) groups is 10. The number of rotatable bonds is 40. The molecule has 7 amide bonds. The molecule has 11 N–H and O–H groups in total. The number of aliphatic carboxylic acids is 1. The number of hydrogen-bond acceptors (Lipinski definition) is 30. The van der Waals surface area contributed by atoms with Crippen molar-refractivity contribution in [1.29, 1.82) is 0 Å². The minimum absolute atomic E-state index is 0.0314. The van der Waals surface area contributed by atoms with Gasteiger partial charge in [0.25, 0.3) is 5.91 Å². The van der Waals surface area contributed by atoms with Crippen molar-refractivity contribution in [2.45, 2.75) is 248 Å². The molecule has 768 valence electrons. The molecule has 2 aliphatic rings. The number of alkyl carbamates (subject to hydrolysis) is 3. The van der Waals surface area contributed by atoms with E-state index in [2.05, 4.69) is 46.6 Å². The lowest BCUT2D eigenvalue weighted by Crippen LogP contribution is -2.52. The molecule has 0 radical (unpaired) electrons. The molecule has 10 atom stereocenters. The van der Waals surface area contributed by atoms with E-state index in [1.165, 1.54) is 40.3 Å². The van der Waals surface area contributed by atoms with E-state index >= 15 is 0 Å². The first-order valence-electron chi connectivity index (χ1n) is 45.5. The van der Waals surface area contributed by atoms with Crippen LogP contribution in [-0.2, 0) is 115 Å². The minimum atomic E-state index is -1.59. The lowest BCUT2D eigenvalue weighted by molar-refractivity contribution is -0.279. The normalized spacial score (nSPS) is 17.0. The Kier molecular flexibility index (Phi) is 48.9. The van der Waals surface area contributed by atoms with Crippen molar-refractivity contribution in [3.8, 4) is 34.5 Å². The lowest BCUT2D eigenvalue weighted by Gasteiger charge is -2.32. The smallest absolute Gasteiger partial charge is 0.408 e. The van der Waals surface area contributed by atoms with Crippen molar-refractivity contribution in [1.82, 2.24) is 47.2 Å². The molecule has 2 fully saturated rings. The number of esters is 1. The topological polar surface area (TPSA) is 476 Å². The van der Waals surface area contributed by atoms with Crippen LogP contribution >= 0.6 is 0 Å². The van der Waals surface area contributed by atoms with Crippen molar-refractivity contribution in [3.63, 3.8) is 0 Å². The number of ether oxygens (including phenoxy) is 10. The number of Topliss-reactive ketones (excluding diaryl/α,β-unsaturated/α-hetero) is 1. The van der Waals surface area contributed by atoms with Crippen LogP contribution in [0.4, 0.5) is 14.4 Å². The van der Waals surface area contributed by atoms with Gasteiger partial charge < -0.3 is 89.3 Å². The SMILES string of the molecule is CCOc1ccc(C(C)(N)C(=O)NC(C)COOC)cc1.CCOc1ccc(C(C)(NC(=O)OC(C)(C)C)C(=O)CC(C)COOC)cc1.CCOc1ccc(C(C)(NC(=O)OC(C)(C)C)C(=O)O)cc1.CCOc1ccc(C(C)(NC(=O)OC(C)(C)C)C(=O)OC)cc1.CCOc1ccc(C2(C)NCN(C(C)C(=O)NO)C2=O)cc1.CCOc1ccc(C2(C)NCN(C(C)COOC)C2=O)cc1. The highest BCUT2D eigenvalue weighted by molar-refractivity contribution is 5.95. The van der Waals surface area contributed by atoms with Crippen LogP contribution in [0.3, 0.4) is 0 Å². The summed E-state index contributed by atoms with van der Waals surface area (Å²) in [5.74, 6) is 1.21. The Morgan fingerprint density at radius 1 is 0.428 bits per heavy atom. The number of carboxylic acids is 1. The maximum atomic E-state index is 13.2. The van der Waals surface area contributed by atoms with Crippen molar-refractivity contribution in [2.24, 2.45) is 11.7 Å². The molecular formula is C100H150N10O28. The fraction of sp³-hybridized carbons (Fsp3) is 0.540. The van der Waals surface area contributed by atoms with Gasteiger partial charge in [-0.15, -0.1) is 0 Å². The first-order chi connectivity index (χ1) is 64.6. The van der Waals surface area contributed by atoms with Crippen LogP contribution in [0.15, 0.2) is 146 Å². The summed E-state index contributed by atoms with van der Waals surface area (Å²) < 4.78 is 52.9. The van der Waals surface area contributed by atoms with E-state index in [1.807, 2.05) is 118 Å². The summed E-state index contributed by atoms with van der Waals surface area (Å²) in [5.41, 5.74) is 2.77. The Morgan fingerprint density at radius 2 is 0.725 bits per heavy atom. The summed E-state index contributed by atoms with van der Waals surface area (Å²) in [6.45, 7) is 49.3. The molecule has 0 aromatic heterocycles. The number of nitrogens with zero attached hydrogens (tertiary/aromatic N) is 2. The Balaban J connectivity index is 0.000000427. The average molecular weight is 1940 g/mol. The Bertz CT molecular complexity index is 4760.